The highest BCUT2D eigenvalue weighted by molar-refractivity contribution is 6.08. The number of carbonyl (C=O) groups excluding carboxylic acids is 3. The second-order valence-corrected chi connectivity index (χ2v) is 18.4. The minimum absolute atomic E-state index is 0.0112. The number of aryl methyl sites for hydroxylation is 1. The first kappa shape index (κ1) is 44.7. The molecule has 288 valence electrons. The smallest absolute Gasteiger partial charge is 0.195 e. The molecule has 53 heavy (non-hydrogen) atoms. The number of nitriles is 2. The topological polar surface area (TPSA) is 165 Å². The molecule has 9 nitrogen and oxygen atoms in total. The van der Waals surface area contributed by atoms with Crippen LogP contribution in [0.5, 0.6) is 0 Å². The van der Waals surface area contributed by atoms with Gasteiger partial charge >= 0.3 is 0 Å². The molecule has 0 bridgehead atoms. The van der Waals surface area contributed by atoms with Crippen molar-refractivity contribution in [2.45, 2.75) is 140 Å². The summed E-state index contributed by atoms with van der Waals surface area (Å²) in [5, 5.41) is 38.8. The van der Waals surface area contributed by atoms with Crippen LogP contribution in [0.2, 0.25) is 0 Å². The van der Waals surface area contributed by atoms with Gasteiger partial charge in [-0.2, -0.15) is 10.5 Å². The van der Waals surface area contributed by atoms with Crippen molar-refractivity contribution in [3.05, 3.63) is 76.6 Å². The third-order valence-electron chi connectivity index (χ3n) is 10.1. The molecular weight excluding hydrogens is 666 g/mol. The maximum atomic E-state index is 11.1. The van der Waals surface area contributed by atoms with Crippen LogP contribution in [-0.2, 0) is 27.2 Å². The number of fused-ring (bicyclic) bond motifs is 1. The highest BCUT2D eigenvalue weighted by atomic mass is 16.5. The molecule has 0 aromatic carbocycles. The number of rotatable bonds is 0. The van der Waals surface area contributed by atoms with Gasteiger partial charge < -0.3 is 14.7 Å². The summed E-state index contributed by atoms with van der Waals surface area (Å²) in [6, 6.07) is 3.86. The predicted molar refractivity (Wildman–Crippen MR) is 207 cm³/mol. The van der Waals surface area contributed by atoms with Crippen LogP contribution in [0.15, 0.2) is 69.8 Å². The molecule has 2 saturated carbocycles. The molecule has 0 spiro atoms. The molecule has 2 fully saturated rings. The van der Waals surface area contributed by atoms with Gasteiger partial charge in [-0.15, -0.1) is 0 Å². The quantitative estimate of drug-likeness (QED) is 0.195. The van der Waals surface area contributed by atoms with Crippen LogP contribution in [0, 0.1) is 49.7 Å². The van der Waals surface area contributed by atoms with Crippen LogP contribution in [-0.4, -0.2) is 32.7 Å². The zero-order valence-corrected chi connectivity index (χ0v) is 33.7. The average molecular weight is 728 g/mol. The lowest BCUT2D eigenvalue weighted by Crippen LogP contribution is -2.23. The summed E-state index contributed by atoms with van der Waals surface area (Å²) in [6.45, 7) is 21.3. The van der Waals surface area contributed by atoms with Crippen molar-refractivity contribution in [2.24, 2.45) is 27.1 Å². The highest BCUT2D eigenvalue weighted by Gasteiger charge is 2.30. The van der Waals surface area contributed by atoms with Gasteiger partial charge in [0, 0.05) is 42.2 Å². The Kier molecular flexibility index (Phi) is 15.6. The van der Waals surface area contributed by atoms with Crippen molar-refractivity contribution in [2.75, 3.05) is 0 Å². The zero-order valence-electron chi connectivity index (χ0n) is 33.7. The summed E-state index contributed by atoms with van der Waals surface area (Å²) in [6.07, 6.45) is 21.3. The molecule has 6 rings (SSSR count). The molecule has 0 radical (unpaired) electrons. The molecule has 2 N–H and O–H groups in total. The van der Waals surface area contributed by atoms with E-state index in [-0.39, 0.29) is 39.1 Å². The summed E-state index contributed by atoms with van der Waals surface area (Å²) < 4.78 is 5.10. The minimum Gasteiger partial charge on any atom is -0.515 e. The van der Waals surface area contributed by atoms with E-state index in [0.29, 0.717) is 47.0 Å². The monoisotopic (exact) mass is 727 g/mol. The summed E-state index contributed by atoms with van der Waals surface area (Å²) in [7, 11) is 0. The second-order valence-electron chi connectivity index (χ2n) is 18.4. The molecule has 9 heteroatoms. The standard InChI is InChI=1S/C9H13NO.C9H11NO.C9H9NO.C9H14O2.C8H14O/c1-9(2)4-3-8-7(5-9)6-10-11-8;3*1-9(2)4-3-8(11)7(5-9)6-10;1-8(2)5-3-7(9)4-6-8/h6H,3-5H2,1-2H3;3-4,11H,5H2,1-2H3;3-5H,1-2H3;6,10H,3-5H2,1-2H3;3-6H2,1-2H3/b;;;7-6-;. The molecule has 1 aromatic heterocycles. The second kappa shape index (κ2) is 18.5. The van der Waals surface area contributed by atoms with Gasteiger partial charge in [-0.1, -0.05) is 92.6 Å². The number of nitrogens with zero attached hydrogens (tertiary/aromatic N) is 3. The first-order valence-corrected chi connectivity index (χ1v) is 18.6. The third kappa shape index (κ3) is 15.6. The largest absolute Gasteiger partial charge is 0.515 e. The van der Waals surface area contributed by atoms with Crippen LogP contribution >= 0.6 is 0 Å². The summed E-state index contributed by atoms with van der Waals surface area (Å²) >= 11 is 0. The van der Waals surface area contributed by atoms with Crippen LogP contribution in [0.3, 0.4) is 0 Å². The van der Waals surface area contributed by atoms with E-state index in [1.165, 1.54) is 18.1 Å². The van der Waals surface area contributed by atoms with E-state index in [9.17, 15) is 19.5 Å². The van der Waals surface area contributed by atoms with Crippen LogP contribution in [0.4, 0.5) is 0 Å². The van der Waals surface area contributed by atoms with E-state index in [1.54, 1.807) is 18.2 Å². The lowest BCUT2D eigenvalue weighted by atomic mass is 9.75. The number of hydrogen-bond donors (Lipinski definition) is 2. The van der Waals surface area contributed by atoms with Crippen molar-refractivity contribution in [1.82, 2.24) is 5.16 Å². The fraction of sp³-hybridized carbons (Fsp3) is 0.591. The first-order valence-electron chi connectivity index (χ1n) is 18.6. The average Bonchev–Trinajstić information content (AvgIpc) is 3.54. The van der Waals surface area contributed by atoms with Crippen LogP contribution in [0.25, 0.3) is 0 Å². The first-order chi connectivity index (χ1) is 24.4. The Morgan fingerprint density at radius 3 is 1.85 bits per heavy atom. The maximum Gasteiger partial charge on any atom is 0.195 e. The Bertz CT molecular complexity index is 1720. The number of aliphatic hydroxyl groups excluding tert-OH is 2. The third-order valence-corrected chi connectivity index (χ3v) is 10.1. The summed E-state index contributed by atoms with van der Waals surface area (Å²) in [5.74, 6) is 1.59. The fourth-order valence-electron chi connectivity index (χ4n) is 6.39. The van der Waals surface area contributed by atoms with Crippen molar-refractivity contribution in [3.63, 3.8) is 0 Å². The maximum absolute atomic E-state index is 11.1. The van der Waals surface area contributed by atoms with E-state index in [1.807, 2.05) is 52.1 Å². The SMILES string of the molecule is CC1(C)C=CC(=O)C(C#N)=C1.CC1(C)C=CC(O)=C(C#N)C1.CC1(C)CCC(=O)/C(=C\O)C1.CC1(C)CCC(=O)CC1.CC1(C)CCc2oncc2C1. The summed E-state index contributed by atoms with van der Waals surface area (Å²) in [4.78, 5) is 32.8. The number of Topliss-reactive ketones (excluding diaryl/α,β-unsaturated/α-hetero) is 2. The van der Waals surface area contributed by atoms with Crippen molar-refractivity contribution < 1.29 is 29.1 Å². The van der Waals surface area contributed by atoms with Gasteiger partial charge in [0.25, 0.3) is 0 Å². The lowest BCUT2D eigenvalue weighted by Gasteiger charge is -2.29. The predicted octanol–water partition coefficient (Wildman–Crippen LogP) is 10.5. The Morgan fingerprint density at radius 1 is 0.755 bits per heavy atom. The number of aromatic nitrogens is 1. The number of carbonyl (C=O) groups is 3. The van der Waals surface area contributed by atoms with Gasteiger partial charge in [0.1, 0.15) is 23.4 Å². The van der Waals surface area contributed by atoms with Crippen LogP contribution < -0.4 is 0 Å². The molecule has 1 heterocycles. The Balaban J connectivity index is 0.000000230. The van der Waals surface area contributed by atoms with E-state index < -0.39 is 0 Å². The van der Waals surface area contributed by atoms with Crippen molar-refractivity contribution >= 4 is 17.3 Å². The van der Waals surface area contributed by atoms with Gasteiger partial charge in [-0.05, 0) is 78.8 Å². The number of allylic oxidation sites excluding steroid dienone is 8. The Labute approximate surface area is 317 Å². The highest BCUT2D eigenvalue weighted by Crippen LogP contribution is 2.37. The number of ketones is 3. The Morgan fingerprint density at radius 2 is 1.34 bits per heavy atom. The van der Waals surface area contributed by atoms with Gasteiger partial charge in [0.05, 0.1) is 29.7 Å². The van der Waals surface area contributed by atoms with E-state index in [4.69, 9.17) is 20.2 Å². The molecule has 1 aromatic rings. The number of aliphatic hydroxyl groups is 2. The molecular formula is C44H61N3O6. The summed E-state index contributed by atoms with van der Waals surface area (Å²) in [5.41, 5.74) is 3.54. The fourth-order valence-corrected chi connectivity index (χ4v) is 6.39. The lowest BCUT2D eigenvalue weighted by molar-refractivity contribution is -0.122. The molecule has 0 unspecified atom stereocenters. The van der Waals surface area contributed by atoms with Crippen molar-refractivity contribution in [1.29, 1.82) is 10.5 Å². The number of hydrogen-bond acceptors (Lipinski definition) is 9. The van der Waals surface area contributed by atoms with Gasteiger partial charge in [-0.25, -0.2) is 0 Å². The minimum atomic E-state index is -0.188. The van der Waals surface area contributed by atoms with Gasteiger partial charge in [0.2, 0.25) is 0 Å². The molecule has 5 aliphatic rings. The van der Waals surface area contributed by atoms with E-state index in [0.717, 1.165) is 57.0 Å². The van der Waals surface area contributed by atoms with E-state index >= 15 is 0 Å². The van der Waals surface area contributed by atoms with Crippen molar-refractivity contribution in [3.8, 4) is 12.1 Å². The normalized spacial score (nSPS) is 23.4. The van der Waals surface area contributed by atoms with Crippen LogP contribution in [0.1, 0.15) is 138 Å². The molecule has 0 aliphatic heterocycles. The van der Waals surface area contributed by atoms with Gasteiger partial charge in [-0.3, -0.25) is 14.4 Å². The van der Waals surface area contributed by atoms with E-state index in [2.05, 4.69) is 46.7 Å². The Hall–Kier alpha value is -4.50. The molecule has 0 amide bonds. The molecule has 0 saturated heterocycles. The zero-order chi connectivity index (χ0) is 40.3. The molecule has 5 aliphatic carbocycles. The van der Waals surface area contributed by atoms with Gasteiger partial charge in [0.15, 0.2) is 11.6 Å². The molecule has 0 atom stereocenters.